The Morgan fingerprint density at radius 2 is 2.19 bits per heavy atom. The second-order valence-corrected chi connectivity index (χ2v) is 5.26. The van der Waals surface area contributed by atoms with Crippen LogP contribution >= 0.6 is 11.6 Å². The molecule has 0 radical (unpaired) electrons. The topological polar surface area (TPSA) is 30.5 Å². The van der Waals surface area contributed by atoms with E-state index in [2.05, 4.69) is 5.32 Å². The fourth-order valence-electron chi connectivity index (χ4n) is 2.38. The summed E-state index contributed by atoms with van der Waals surface area (Å²) in [6.45, 7) is 1.14. The van der Waals surface area contributed by atoms with Gasteiger partial charge in [0, 0.05) is 30.2 Å². The van der Waals surface area contributed by atoms with Crippen LogP contribution in [0, 0.1) is 5.82 Å². The average molecular weight is 308 g/mol. The summed E-state index contributed by atoms with van der Waals surface area (Å²) >= 11 is 5.86. The predicted octanol–water partition coefficient (Wildman–Crippen LogP) is 3.93. The van der Waals surface area contributed by atoms with E-state index in [1.165, 1.54) is 12.1 Å². The van der Waals surface area contributed by atoms with Gasteiger partial charge in [0.2, 0.25) is 0 Å². The Kier molecular flexibility index (Phi) is 3.99. The van der Waals surface area contributed by atoms with Gasteiger partial charge in [-0.15, -0.1) is 0 Å². The summed E-state index contributed by atoms with van der Waals surface area (Å²) in [5.74, 6) is 1.46. The van der Waals surface area contributed by atoms with Crippen LogP contribution in [0.5, 0.6) is 17.2 Å². The highest BCUT2D eigenvalue weighted by Crippen LogP contribution is 2.39. The highest BCUT2D eigenvalue weighted by molar-refractivity contribution is 6.30. The van der Waals surface area contributed by atoms with Crippen LogP contribution in [0.1, 0.15) is 11.1 Å². The van der Waals surface area contributed by atoms with Gasteiger partial charge < -0.3 is 14.8 Å². The molecule has 2 aromatic carbocycles. The predicted molar refractivity (Wildman–Crippen MR) is 79.9 cm³/mol. The molecular formula is C16H15ClFNO2. The number of halogens is 2. The second-order valence-electron chi connectivity index (χ2n) is 4.85. The highest BCUT2D eigenvalue weighted by Gasteiger charge is 2.19. The van der Waals surface area contributed by atoms with Gasteiger partial charge in [-0.3, -0.25) is 0 Å². The lowest BCUT2D eigenvalue weighted by molar-refractivity contribution is 0.337. The van der Waals surface area contributed by atoms with Crippen molar-refractivity contribution in [2.75, 3.05) is 13.7 Å². The Bertz CT molecular complexity index is 676. The Balaban J connectivity index is 1.98. The van der Waals surface area contributed by atoms with Crippen LogP contribution in [-0.4, -0.2) is 13.7 Å². The number of hydrogen-bond donors (Lipinski definition) is 1. The van der Waals surface area contributed by atoms with Crippen molar-refractivity contribution in [3.05, 3.63) is 52.3 Å². The summed E-state index contributed by atoms with van der Waals surface area (Å²) in [4.78, 5) is 0. The molecule has 1 aliphatic rings. The first kappa shape index (κ1) is 14.2. The molecule has 3 nitrogen and oxygen atoms in total. The third-order valence-corrected chi connectivity index (χ3v) is 3.66. The smallest absolute Gasteiger partial charge is 0.169 e. The van der Waals surface area contributed by atoms with Crippen LogP contribution < -0.4 is 14.8 Å². The molecule has 0 bridgehead atoms. The summed E-state index contributed by atoms with van der Waals surface area (Å²) < 4.78 is 25.1. The molecule has 0 atom stereocenters. The third-order valence-electron chi connectivity index (χ3n) is 3.37. The number of nitrogens with one attached hydrogen (secondary N) is 1. The quantitative estimate of drug-likeness (QED) is 0.928. The number of fused-ring (bicyclic) bond motifs is 1. The Morgan fingerprint density at radius 1 is 1.33 bits per heavy atom. The molecule has 21 heavy (non-hydrogen) atoms. The normalized spacial score (nSPS) is 12.9. The summed E-state index contributed by atoms with van der Waals surface area (Å²) in [6, 6.07) is 8.66. The van der Waals surface area contributed by atoms with Crippen LogP contribution in [0.25, 0.3) is 0 Å². The van der Waals surface area contributed by atoms with Crippen molar-refractivity contribution in [3.8, 4) is 17.2 Å². The standard InChI is InChI=1S/C16H15ClFNO2/c1-19-9-11-7-13(18)12(17)8-15(11)21-14-4-2-3-10-5-6-20-16(10)14/h2-4,7-8,19H,5-6,9H2,1H3. The molecule has 1 heterocycles. The minimum atomic E-state index is -0.455. The van der Waals surface area contributed by atoms with Crippen LogP contribution in [0.4, 0.5) is 4.39 Å². The first-order valence-electron chi connectivity index (χ1n) is 6.74. The number of rotatable bonds is 4. The van der Waals surface area contributed by atoms with Gasteiger partial charge in [-0.1, -0.05) is 23.7 Å². The van der Waals surface area contributed by atoms with Crippen molar-refractivity contribution in [2.24, 2.45) is 0 Å². The number of ether oxygens (including phenoxy) is 2. The van der Waals surface area contributed by atoms with Crippen LogP contribution in [0.2, 0.25) is 5.02 Å². The van der Waals surface area contributed by atoms with Crippen LogP contribution in [0.3, 0.4) is 0 Å². The van der Waals surface area contributed by atoms with E-state index in [0.717, 1.165) is 17.7 Å². The fraction of sp³-hybridized carbons (Fsp3) is 0.250. The molecule has 2 aromatic rings. The van der Waals surface area contributed by atoms with Crippen molar-refractivity contribution in [1.82, 2.24) is 5.32 Å². The molecule has 0 unspecified atom stereocenters. The minimum Gasteiger partial charge on any atom is -0.489 e. The van der Waals surface area contributed by atoms with E-state index in [4.69, 9.17) is 21.1 Å². The summed E-state index contributed by atoms with van der Waals surface area (Å²) in [5.41, 5.74) is 1.82. The van der Waals surface area contributed by atoms with Gasteiger partial charge >= 0.3 is 0 Å². The zero-order valence-corrected chi connectivity index (χ0v) is 12.3. The summed E-state index contributed by atoms with van der Waals surface area (Å²) in [6.07, 6.45) is 0.875. The highest BCUT2D eigenvalue weighted by atomic mass is 35.5. The van der Waals surface area contributed by atoms with Crippen molar-refractivity contribution < 1.29 is 13.9 Å². The zero-order valence-electron chi connectivity index (χ0n) is 11.6. The molecule has 5 heteroatoms. The number of benzene rings is 2. The molecule has 0 fully saturated rings. The van der Waals surface area contributed by atoms with Gasteiger partial charge in [0.15, 0.2) is 11.5 Å². The molecule has 3 rings (SSSR count). The molecule has 0 amide bonds. The summed E-state index contributed by atoms with van der Waals surface area (Å²) in [5, 5.41) is 3.03. The first-order chi connectivity index (χ1) is 10.2. The summed E-state index contributed by atoms with van der Waals surface area (Å²) in [7, 11) is 1.79. The SMILES string of the molecule is CNCc1cc(F)c(Cl)cc1Oc1cccc2c1OCC2. The third kappa shape index (κ3) is 2.82. The maximum atomic E-state index is 13.6. The van der Waals surface area contributed by atoms with Crippen LogP contribution in [0.15, 0.2) is 30.3 Å². The largest absolute Gasteiger partial charge is 0.489 e. The first-order valence-corrected chi connectivity index (χ1v) is 7.12. The minimum absolute atomic E-state index is 0.0401. The molecule has 0 saturated carbocycles. The van der Waals surface area contributed by atoms with E-state index in [1.807, 2.05) is 18.2 Å². The molecule has 0 aromatic heterocycles. The van der Waals surface area contributed by atoms with E-state index in [1.54, 1.807) is 7.05 Å². The van der Waals surface area contributed by atoms with Crippen molar-refractivity contribution in [1.29, 1.82) is 0 Å². The molecular weight excluding hydrogens is 293 g/mol. The molecule has 1 N–H and O–H groups in total. The number of hydrogen-bond acceptors (Lipinski definition) is 3. The molecule has 110 valence electrons. The zero-order chi connectivity index (χ0) is 14.8. The van der Waals surface area contributed by atoms with E-state index in [9.17, 15) is 4.39 Å². The molecule has 0 spiro atoms. The van der Waals surface area contributed by atoms with E-state index in [-0.39, 0.29) is 5.02 Å². The van der Waals surface area contributed by atoms with Crippen molar-refractivity contribution >= 4 is 11.6 Å². The van der Waals surface area contributed by atoms with Crippen LogP contribution in [-0.2, 0) is 13.0 Å². The van der Waals surface area contributed by atoms with Crippen molar-refractivity contribution in [3.63, 3.8) is 0 Å². The maximum Gasteiger partial charge on any atom is 0.169 e. The van der Waals surface area contributed by atoms with Gasteiger partial charge in [0.1, 0.15) is 11.6 Å². The average Bonchev–Trinajstić information content (AvgIpc) is 2.94. The lowest BCUT2D eigenvalue weighted by Crippen LogP contribution is -2.07. The lowest BCUT2D eigenvalue weighted by atomic mass is 10.1. The van der Waals surface area contributed by atoms with Gasteiger partial charge in [0.25, 0.3) is 0 Å². The Morgan fingerprint density at radius 3 is 3.00 bits per heavy atom. The van der Waals surface area contributed by atoms with Crippen molar-refractivity contribution in [2.45, 2.75) is 13.0 Å². The molecule has 1 aliphatic heterocycles. The van der Waals surface area contributed by atoms with E-state index < -0.39 is 5.82 Å². The Hall–Kier alpha value is -1.78. The van der Waals surface area contributed by atoms with Gasteiger partial charge in [-0.2, -0.15) is 0 Å². The van der Waals surface area contributed by atoms with E-state index in [0.29, 0.717) is 30.2 Å². The Labute approximate surface area is 127 Å². The lowest BCUT2D eigenvalue weighted by Gasteiger charge is -2.14. The van der Waals surface area contributed by atoms with Gasteiger partial charge in [-0.25, -0.2) is 4.39 Å². The maximum absolute atomic E-state index is 13.6. The molecule has 0 aliphatic carbocycles. The fourth-order valence-corrected chi connectivity index (χ4v) is 2.53. The van der Waals surface area contributed by atoms with Gasteiger partial charge in [0.05, 0.1) is 11.6 Å². The second kappa shape index (κ2) is 5.92. The monoisotopic (exact) mass is 307 g/mol. The van der Waals surface area contributed by atoms with E-state index >= 15 is 0 Å². The molecule has 0 saturated heterocycles. The number of para-hydroxylation sites is 1. The van der Waals surface area contributed by atoms with Gasteiger partial charge in [-0.05, 0) is 19.2 Å².